The van der Waals surface area contributed by atoms with Crippen LogP contribution in [0.5, 0.6) is 0 Å². The van der Waals surface area contributed by atoms with E-state index < -0.39 is 12.0 Å². The molecule has 2 rings (SSSR count). The number of methoxy groups -OCH3 is 1. The van der Waals surface area contributed by atoms with E-state index in [2.05, 4.69) is 5.32 Å². The lowest BCUT2D eigenvalue weighted by atomic mass is 10.1. The number of hydrogen-bond donors (Lipinski definition) is 1. The molecule has 1 amide bonds. The number of esters is 1. The molecule has 0 unspecified atom stereocenters. The third-order valence-corrected chi connectivity index (χ3v) is 4.26. The maximum atomic E-state index is 12.1. The van der Waals surface area contributed by atoms with Crippen molar-refractivity contribution >= 4 is 23.6 Å². The van der Waals surface area contributed by atoms with Crippen LogP contribution in [0.4, 0.5) is 0 Å². The molecule has 0 aliphatic rings. The average Bonchev–Trinajstić information content (AvgIpc) is 2.60. The number of thioether (sulfide) groups is 1. The Hall–Kier alpha value is -2.54. The van der Waals surface area contributed by atoms with E-state index in [1.54, 1.807) is 18.2 Å². The predicted molar refractivity (Wildman–Crippen MR) is 90.2 cm³/mol. The fourth-order valence-electron chi connectivity index (χ4n) is 2.09. The molecule has 0 aliphatic carbocycles. The van der Waals surface area contributed by atoms with Crippen molar-refractivity contribution in [1.29, 1.82) is 0 Å². The smallest absolute Gasteiger partial charge is 0.328 e. The minimum Gasteiger partial charge on any atom is -0.618 e. The number of aromatic nitrogens is 1. The standard InChI is InChI=1S/C17H18N2O4S/c1-23-17(21)14(11-13-7-3-2-4-8-13)18-15(20)12-24-16-9-5-6-10-19(16)22/h2-10,14H,11-12H2,1H3,(H,18,20)/t14-/m1/s1. The first-order chi connectivity index (χ1) is 11.6. The summed E-state index contributed by atoms with van der Waals surface area (Å²) in [7, 11) is 1.28. The van der Waals surface area contributed by atoms with Crippen LogP contribution in [0.15, 0.2) is 59.8 Å². The molecule has 1 aromatic heterocycles. The summed E-state index contributed by atoms with van der Waals surface area (Å²) in [6.45, 7) is 0. The van der Waals surface area contributed by atoms with Gasteiger partial charge in [-0.1, -0.05) is 30.3 Å². The molecule has 24 heavy (non-hydrogen) atoms. The number of rotatable bonds is 7. The molecule has 1 N–H and O–H groups in total. The summed E-state index contributed by atoms with van der Waals surface area (Å²) in [6, 6.07) is 13.6. The van der Waals surface area contributed by atoms with E-state index in [0.717, 1.165) is 17.3 Å². The zero-order valence-corrected chi connectivity index (χ0v) is 14.0. The van der Waals surface area contributed by atoms with Crippen LogP contribution < -0.4 is 10.0 Å². The molecule has 126 valence electrons. The number of amides is 1. The van der Waals surface area contributed by atoms with E-state index in [1.807, 2.05) is 30.3 Å². The van der Waals surface area contributed by atoms with Crippen molar-refractivity contribution < 1.29 is 19.1 Å². The lowest BCUT2D eigenvalue weighted by molar-refractivity contribution is -0.645. The summed E-state index contributed by atoms with van der Waals surface area (Å²) in [4.78, 5) is 24.0. The Morgan fingerprint density at radius 1 is 1.21 bits per heavy atom. The highest BCUT2D eigenvalue weighted by Gasteiger charge is 2.22. The maximum absolute atomic E-state index is 12.1. The van der Waals surface area contributed by atoms with E-state index in [1.165, 1.54) is 13.3 Å². The van der Waals surface area contributed by atoms with Gasteiger partial charge in [0.05, 0.1) is 12.9 Å². The maximum Gasteiger partial charge on any atom is 0.328 e. The normalized spacial score (nSPS) is 11.5. The molecular weight excluding hydrogens is 328 g/mol. The summed E-state index contributed by atoms with van der Waals surface area (Å²) in [5, 5.41) is 14.6. The van der Waals surface area contributed by atoms with Gasteiger partial charge in [-0.25, -0.2) is 4.79 Å². The quantitative estimate of drug-likeness (QED) is 0.354. The van der Waals surface area contributed by atoms with Gasteiger partial charge < -0.3 is 15.3 Å². The van der Waals surface area contributed by atoms with Crippen LogP contribution in [0.3, 0.4) is 0 Å². The van der Waals surface area contributed by atoms with Crippen LogP contribution in [0.2, 0.25) is 0 Å². The molecule has 6 nitrogen and oxygen atoms in total. The molecule has 0 fully saturated rings. The summed E-state index contributed by atoms with van der Waals surface area (Å²) in [6.07, 6.45) is 1.71. The second-order valence-corrected chi connectivity index (χ2v) is 5.98. The zero-order valence-electron chi connectivity index (χ0n) is 13.2. The Bertz CT molecular complexity index is 694. The molecule has 0 aliphatic heterocycles. The molecule has 0 saturated heterocycles. The molecular formula is C17H18N2O4S. The van der Waals surface area contributed by atoms with Crippen molar-refractivity contribution in [3.8, 4) is 0 Å². The fraction of sp³-hybridized carbons (Fsp3) is 0.235. The first-order valence-corrected chi connectivity index (χ1v) is 8.31. The molecule has 1 aromatic carbocycles. The largest absolute Gasteiger partial charge is 0.618 e. The molecule has 7 heteroatoms. The number of carbonyl (C=O) groups is 2. The van der Waals surface area contributed by atoms with Crippen molar-refractivity contribution in [2.75, 3.05) is 12.9 Å². The molecule has 0 spiro atoms. The van der Waals surface area contributed by atoms with Crippen molar-refractivity contribution in [1.82, 2.24) is 5.32 Å². The van der Waals surface area contributed by atoms with Crippen LogP contribution in [0, 0.1) is 5.21 Å². The highest BCUT2D eigenvalue weighted by Crippen LogP contribution is 2.12. The molecule has 0 bridgehead atoms. The molecule has 0 saturated carbocycles. The van der Waals surface area contributed by atoms with Gasteiger partial charge >= 0.3 is 5.97 Å². The molecule has 1 atom stereocenters. The van der Waals surface area contributed by atoms with Gasteiger partial charge in [0.25, 0.3) is 5.03 Å². The summed E-state index contributed by atoms with van der Waals surface area (Å²) in [5.74, 6) is -0.805. The molecule has 0 radical (unpaired) electrons. The van der Waals surface area contributed by atoms with Gasteiger partial charge in [-0.2, -0.15) is 4.73 Å². The lowest BCUT2D eigenvalue weighted by Gasteiger charge is -2.16. The van der Waals surface area contributed by atoms with E-state index in [4.69, 9.17) is 4.74 Å². The molecule has 2 aromatic rings. The number of pyridine rings is 1. The molecule has 1 heterocycles. The zero-order chi connectivity index (χ0) is 17.4. The van der Waals surface area contributed by atoms with Crippen molar-refractivity contribution in [2.45, 2.75) is 17.5 Å². The summed E-state index contributed by atoms with van der Waals surface area (Å²) < 4.78 is 5.45. The average molecular weight is 346 g/mol. The van der Waals surface area contributed by atoms with E-state index in [9.17, 15) is 14.8 Å². The van der Waals surface area contributed by atoms with Crippen molar-refractivity contribution in [3.05, 3.63) is 65.5 Å². The van der Waals surface area contributed by atoms with Gasteiger partial charge in [-0.15, -0.1) is 0 Å². The number of benzene rings is 1. The van der Waals surface area contributed by atoms with Crippen LogP contribution in [0.25, 0.3) is 0 Å². The Kier molecular flexibility index (Phi) is 6.62. The van der Waals surface area contributed by atoms with Crippen molar-refractivity contribution in [2.24, 2.45) is 0 Å². The van der Waals surface area contributed by atoms with Gasteiger partial charge in [-0.3, -0.25) is 4.79 Å². The summed E-state index contributed by atoms with van der Waals surface area (Å²) in [5.41, 5.74) is 0.918. The predicted octanol–water partition coefficient (Wildman–Crippen LogP) is 1.31. The number of ether oxygens (including phenoxy) is 1. The van der Waals surface area contributed by atoms with E-state index in [0.29, 0.717) is 16.2 Å². The van der Waals surface area contributed by atoms with Crippen molar-refractivity contribution in [3.63, 3.8) is 0 Å². The lowest BCUT2D eigenvalue weighted by Crippen LogP contribution is -2.44. The van der Waals surface area contributed by atoms with E-state index in [-0.39, 0.29) is 11.7 Å². The third kappa shape index (κ3) is 5.27. The summed E-state index contributed by atoms with van der Waals surface area (Å²) >= 11 is 1.11. The number of hydrogen-bond acceptors (Lipinski definition) is 5. The first-order valence-electron chi connectivity index (χ1n) is 7.32. The number of carbonyl (C=O) groups excluding carboxylic acids is 2. The second kappa shape index (κ2) is 8.93. The van der Waals surface area contributed by atoms with Crippen LogP contribution in [-0.2, 0) is 20.7 Å². The SMILES string of the molecule is COC(=O)[C@@H](Cc1ccccc1)NC(=O)CSc1cccc[n+]1[O-]. The number of nitrogens with zero attached hydrogens (tertiary/aromatic N) is 1. The third-order valence-electron chi connectivity index (χ3n) is 3.24. The van der Waals surface area contributed by atoms with Crippen LogP contribution in [0.1, 0.15) is 5.56 Å². The Labute approximate surface area is 144 Å². The topological polar surface area (TPSA) is 82.3 Å². The van der Waals surface area contributed by atoms with Gasteiger partial charge in [-0.05, 0) is 23.4 Å². The second-order valence-electron chi connectivity index (χ2n) is 4.99. The monoisotopic (exact) mass is 346 g/mol. The fourth-order valence-corrected chi connectivity index (χ4v) is 2.81. The van der Waals surface area contributed by atoms with Gasteiger partial charge in [0.15, 0.2) is 6.20 Å². The highest BCUT2D eigenvalue weighted by atomic mass is 32.2. The van der Waals surface area contributed by atoms with Gasteiger partial charge in [0.1, 0.15) is 6.04 Å². The Morgan fingerprint density at radius 2 is 1.92 bits per heavy atom. The van der Waals surface area contributed by atoms with Gasteiger partial charge in [0, 0.05) is 18.6 Å². The van der Waals surface area contributed by atoms with E-state index >= 15 is 0 Å². The first kappa shape index (κ1) is 17.8. The highest BCUT2D eigenvalue weighted by molar-refractivity contribution is 7.99. The van der Waals surface area contributed by atoms with Crippen LogP contribution >= 0.6 is 11.8 Å². The Morgan fingerprint density at radius 3 is 2.58 bits per heavy atom. The minimum atomic E-state index is -0.763. The van der Waals surface area contributed by atoms with Crippen LogP contribution in [-0.4, -0.2) is 30.8 Å². The number of nitrogens with one attached hydrogen (secondary N) is 1. The Balaban J connectivity index is 1.94. The van der Waals surface area contributed by atoms with Gasteiger partial charge in [0.2, 0.25) is 5.91 Å². The minimum absolute atomic E-state index is 0.0362.